The van der Waals surface area contributed by atoms with Crippen LogP contribution in [0.5, 0.6) is 0 Å². The van der Waals surface area contributed by atoms with Crippen LogP contribution in [-0.2, 0) is 0 Å². The molecule has 0 aliphatic carbocycles. The molecule has 27 heavy (non-hydrogen) atoms. The van der Waals surface area contributed by atoms with Gasteiger partial charge in [0, 0.05) is 0 Å². The third kappa shape index (κ3) is 13.5. The zero-order valence-electron chi connectivity index (χ0n) is 18.3. The number of hydrogen-bond donors (Lipinski definition) is 0. The molecule has 0 nitrogen and oxygen atoms in total. The summed E-state index contributed by atoms with van der Waals surface area (Å²) < 4.78 is 0. The van der Waals surface area contributed by atoms with Crippen molar-refractivity contribution >= 4 is 23.6 Å². The van der Waals surface area contributed by atoms with Crippen molar-refractivity contribution in [2.45, 2.75) is 122 Å². The molecule has 0 saturated carbocycles. The summed E-state index contributed by atoms with van der Waals surface area (Å²) in [5.74, 6) is 0. The molecule has 0 aromatic heterocycles. The van der Waals surface area contributed by atoms with E-state index in [2.05, 4.69) is 43.8 Å². The first kappa shape index (κ1) is 24.8. The molecule has 0 N–H and O–H groups in total. The molecule has 0 spiro atoms. The van der Waals surface area contributed by atoms with E-state index in [0.717, 1.165) is 0 Å². The van der Waals surface area contributed by atoms with Crippen LogP contribution in [0.4, 0.5) is 0 Å². The first-order valence-corrected chi connectivity index (χ1v) is 15.6. The zero-order valence-corrected chi connectivity index (χ0v) is 20.0. The smallest absolute Gasteiger partial charge is 0.161 e. The van der Waals surface area contributed by atoms with Gasteiger partial charge in [-0.2, -0.15) is 11.1 Å². The molecule has 0 amide bonds. The first-order chi connectivity index (χ1) is 13.2. The van der Waals surface area contributed by atoms with E-state index in [1.165, 1.54) is 114 Å². The quantitative estimate of drug-likeness (QED) is 0.129. The molecule has 2 heteroatoms. The average molecular weight is 409 g/mol. The van der Waals surface area contributed by atoms with Gasteiger partial charge in [0.15, 0.2) is 7.38 Å². The second kappa shape index (κ2) is 16.7. The molecular weight excluding hydrogens is 364 g/mol. The molecule has 1 atom stereocenters. The Morgan fingerprint density at radius 2 is 0.963 bits per heavy atom. The molecule has 1 rings (SSSR count). The molecule has 1 aromatic rings. The summed E-state index contributed by atoms with van der Waals surface area (Å²) in [5.41, 5.74) is 0. The Bertz CT molecular complexity index is 429. The minimum absolute atomic E-state index is 1.22. The van der Waals surface area contributed by atoms with Crippen molar-refractivity contribution in [3.8, 4) is 0 Å². The maximum atomic E-state index is 6.87. The zero-order chi connectivity index (χ0) is 19.6. The van der Waals surface area contributed by atoms with Crippen LogP contribution in [0.1, 0.15) is 110 Å². The fourth-order valence-electron chi connectivity index (χ4n) is 3.94. The predicted molar refractivity (Wildman–Crippen MR) is 128 cm³/mol. The maximum absolute atomic E-state index is 6.87. The van der Waals surface area contributed by atoms with Crippen molar-refractivity contribution < 1.29 is 0 Å². The second-order valence-electron chi connectivity index (χ2n) is 8.62. The number of benzene rings is 1. The third-order valence-corrected chi connectivity index (χ3v) is 9.93. The summed E-state index contributed by atoms with van der Waals surface area (Å²) in [6, 6.07) is 12.0. The highest BCUT2D eigenvalue weighted by Gasteiger charge is 2.25. The Labute approximate surface area is 176 Å². The largest absolute Gasteiger partial charge is 0.183 e. The van der Waals surface area contributed by atoms with Crippen LogP contribution in [0.3, 0.4) is 0 Å². The highest BCUT2D eigenvalue weighted by molar-refractivity contribution is 7.26. The molecule has 156 valence electrons. The summed E-state index contributed by atoms with van der Waals surface area (Å²) in [6.45, 7) is 4.60. The topological polar surface area (TPSA) is 0 Å². The Kier molecular flexibility index (Phi) is 15.3. The van der Waals surface area contributed by atoms with Crippen molar-refractivity contribution in [2.24, 2.45) is 0 Å². The van der Waals surface area contributed by atoms with Gasteiger partial charge in [-0.3, -0.25) is 0 Å². The molecule has 0 radical (unpaired) electrons. The van der Waals surface area contributed by atoms with Crippen LogP contribution in [0, 0.1) is 0 Å². The van der Waals surface area contributed by atoms with E-state index in [0.29, 0.717) is 0 Å². The molecule has 0 fully saturated rings. The van der Waals surface area contributed by atoms with Gasteiger partial charge in [-0.05, 0) is 11.2 Å². The highest BCUT2D eigenvalue weighted by Crippen LogP contribution is 2.20. The van der Waals surface area contributed by atoms with Gasteiger partial charge in [0.25, 0.3) is 0 Å². The van der Waals surface area contributed by atoms with Gasteiger partial charge in [0.2, 0.25) is 0 Å². The number of hydrogen-bond acceptors (Lipinski definition) is 0. The van der Waals surface area contributed by atoms with Crippen molar-refractivity contribution in [2.75, 3.05) is 0 Å². The lowest BCUT2D eigenvalue weighted by Gasteiger charge is -2.19. The van der Waals surface area contributed by atoms with Gasteiger partial charge in [-0.15, -0.1) is 0 Å². The summed E-state index contributed by atoms with van der Waals surface area (Å²) >= 11 is 6.87. The van der Waals surface area contributed by atoms with E-state index in [-0.39, 0.29) is 0 Å². The van der Waals surface area contributed by atoms with Gasteiger partial charge >= 0.3 is 0 Å². The molecule has 0 aliphatic heterocycles. The van der Waals surface area contributed by atoms with Crippen LogP contribution in [0.25, 0.3) is 0 Å². The molecular formula is C25H45ClSi. The monoisotopic (exact) mass is 408 g/mol. The molecule has 0 heterocycles. The summed E-state index contributed by atoms with van der Waals surface area (Å²) in [4.78, 5) is 0. The average Bonchev–Trinajstić information content (AvgIpc) is 2.68. The van der Waals surface area contributed by atoms with Gasteiger partial charge < -0.3 is 0 Å². The lowest BCUT2D eigenvalue weighted by atomic mass is 10.0. The lowest BCUT2D eigenvalue weighted by Crippen LogP contribution is -2.38. The van der Waals surface area contributed by atoms with Crippen LogP contribution < -0.4 is 5.19 Å². The van der Waals surface area contributed by atoms with E-state index in [4.69, 9.17) is 11.1 Å². The van der Waals surface area contributed by atoms with Crippen LogP contribution in [0.15, 0.2) is 30.3 Å². The minimum Gasteiger partial charge on any atom is -0.161 e. The summed E-state index contributed by atoms with van der Waals surface area (Å²) in [7, 11) is -1.71. The van der Waals surface area contributed by atoms with Crippen LogP contribution in [-0.4, -0.2) is 7.38 Å². The van der Waals surface area contributed by atoms with E-state index in [9.17, 15) is 0 Å². The minimum atomic E-state index is -1.71. The van der Waals surface area contributed by atoms with E-state index >= 15 is 0 Å². The van der Waals surface area contributed by atoms with Gasteiger partial charge in [-0.25, -0.2) is 0 Å². The first-order valence-electron chi connectivity index (χ1n) is 11.9. The van der Waals surface area contributed by atoms with Crippen LogP contribution in [0.2, 0.25) is 12.6 Å². The van der Waals surface area contributed by atoms with E-state index in [1.54, 1.807) is 0 Å². The Morgan fingerprint density at radius 3 is 1.37 bits per heavy atom. The SMILES string of the molecule is CCCCCCCCCCCCCCCCCC[Si](C)(Cl)c1ccccc1. The standard InChI is InChI=1S/C25H45ClSi/c1-3-4-5-6-7-8-9-10-11-12-13-14-15-16-17-21-24-27(2,26)25-22-19-18-20-23-25/h18-20,22-23H,3-17,21,24H2,1-2H3. The summed E-state index contributed by atoms with van der Waals surface area (Å²) in [6.07, 6.45) is 22.9. The molecule has 0 bridgehead atoms. The normalized spacial score (nSPS) is 13.6. The van der Waals surface area contributed by atoms with E-state index < -0.39 is 7.38 Å². The van der Waals surface area contributed by atoms with Gasteiger partial charge in [0.05, 0.1) is 0 Å². The predicted octanol–water partition coefficient (Wildman–Crippen LogP) is 8.97. The number of rotatable bonds is 18. The van der Waals surface area contributed by atoms with E-state index in [1.807, 2.05) is 0 Å². The van der Waals surface area contributed by atoms with Crippen molar-refractivity contribution in [1.82, 2.24) is 0 Å². The van der Waals surface area contributed by atoms with Gasteiger partial charge in [0.1, 0.15) is 0 Å². The van der Waals surface area contributed by atoms with Crippen LogP contribution >= 0.6 is 11.1 Å². The maximum Gasteiger partial charge on any atom is 0.183 e. The number of unbranched alkanes of at least 4 members (excludes halogenated alkanes) is 15. The second-order valence-corrected chi connectivity index (χ2v) is 14.6. The molecule has 0 aliphatic rings. The summed E-state index contributed by atoms with van der Waals surface area (Å²) in [5, 5.41) is 1.40. The fraction of sp³-hybridized carbons (Fsp3) is 0.760. The van der Waals surface area contributed by atoms with Gasteiger partial charge in [-0.1, -0.05) is 147 Å². The Hall–Kier alpha value is -0.273. The molecule has 0 saturated heterocycles. The number of halogens is 1. The lowest BCUT2D eigenvalue weighted by molar-refractivity contribution is 0.531. The molecule has 1 unspecified atom stereocenters. The fourth-order valence-corrected chi connectivity index (χ4v) is 6.80. The van der Waals surface area contributed by atoms with Crippen molar-refractivity contribution in [3.05, 3.63) is 30.3 Å². The molecule has 1 aromatic carbocycles. The van der Waals surface area contributed by atoms with Crippen molar-refractivity contribution in [1.29, 1.82) is 0 Å². The van der Waals surface area contributed by atoms with Crippen molar-refractivity contribution in [3.63, 3.8) is 0 Å². The Balaban J connectivity index is 1.83. The highest BCUT2D eigenvalue weighted by atomic mass is 35.6. The Morgan fingerprint density at radius 1 is 0.593 bits per heavy atom. The third-order valence-electron chi connectivity index (χ3n) is 5.88.